The number of rotatable bonds is 7. The Morgan fingerprint density at radius 1 is 1.55 bits per heavy atom. The van der Waals surface area contributed by atoms with Gasteiger partial charge in [-0.2, -0.15) is 0 Å². The van der Waals surface area contributed by atoms with Crippen LogP contribution in [0.3, 0.4) is 0 Å². The summed E-state index contributed by atoms with van der Waals surface area (Å²) >= 11 is 0. The molecule has 2 aromatic rings. The number of allylic oxidation sites excluding steroid dienone is 2. The number of nitrogens with one attached hydrogen (secondary N) is 1. The Labute approximate surface area is 118 Å². The summed E-state index contributed by atoms with van der Waals surface area (Å²) in [6.07, 6.45) is 6.41. The highest BCUT2D eigenvalue weighted by atomic mass is 16.5. The van der Waals surface area contributed by atoms with Crippen LogP contribution < -0.4 is 5.32 Å². The largest absolute Gasteiger partial charge is 0.463 e. The maximum absolute atomic E-state index is 12.2. The maximum atomic E-state index is 12.2. The van der Waals surface area contributed by atoms with Gasteiger partial charge in [-0.15, -0.1) is 0 Å². The summed E-state index contributed by atoms with van der Waals surface area (Å²) in [5, 5.41) is 2.90. The summed E-state index contributed by atoms with van der Waals surface area (Å²) in [5.41, 5.74) is 2.29. The van der Waals surface area contributed by atoms with E-state index in [0.29, 0.717) is 25.4 Å². The molecule has 0 saturated carbocycles. The molecular weight excluding hydrogens is 256 g/mol. The van der Waals surface area contributed by atoms with Gasteiger partial charge >= 0.3 is 0 Å². The molecule has 0 saturated heterocycles. The Balaban J connectivity index is 2.14. The van der Waals surface area contributed by atoms with Gasteiger partial charge in [-0.05, 0) is 13.3 Å². The van der Waals surface area contributed by atoms with Crippen molar-refractivity contribution in [2.45, 2.75) is 19.9 Å². The smallest absolute Gasteiger partial charge is 0.268 e. The van der Waals surface area contributed by atoms with E-state index in [1.165, 1.54) is 0 Å². The first-order valence-electron chi connectivity index (χ1n) is 6.73. The predicted molar refractivity (Wildman–Crippen MR) is 77.8 cm³/mol. The van der Waals surface area contributed by atoms with Crippen molar-refractivity contribution in [1.82, 2.24) is 9.88 Å². The van der Waals surface area contributed by atoms with Crippen LogP contribution in [0.5, 0.6) is 0 Å². The number of ether oxygens (including phenoxy) is 1. The number of hydrogen-bond acceptors (Lipinski definition) is 3. The zero-order valence-corrected chi connectivity index (χ0v) is 11.9. The third-order valence-corrected chi connectivity index (χ3v) is 3.09. The zero-order chi connectivity index (χ0) is 14.4. The lowest BCUT2D eigenvalue weighted by atomic mass is 10.3. The Hall–Kier alpha value is -2.01. The van der Waals surface area contributed by atoms with Gasteiger partial charge < -0.3 is 19.0 Å². The van der Waals surface area contributed by atoms with Gasteiger partial charge in [-0.1, -0.05) is 12.2 Å². The third-order valence-electron chi connectivity index (χ3n) is 3.09. The minimum absolute atomic E-state index is 0.0861. The Kier molecular flexibility index (Phi) is 5.01. The topological polar surface area (TPSA) is 56.4 Å². The van der Waals surface area contributed by atoms with Crippen LogP contribution in [0, 0.1) is 0 Å². The molecule has 0 aliphatic rings. The van der Waals surface area contributed by atoms with Crippen LogP contribution in [0.25, 0.3) is 11.1 Å². The second-order valence-corrected chi connectivity index (χ2v) is 4.48. The molecule has 0 aliphatic heterocycles. The average molecular weight is 276 g/mol. The summed E-state index contributed by atoms with van der Waals surface area (Å²) < 4.78 is 12.3. The number of carbonyl (C=O) groups is 1. The summed E-state index contributed by atoms with van der Waals surface area (Å²) in [4.78, 5) is 12.2. The van der Waals surface area contributed by atoms with Gasteiger partial charge in [0.2, 0.25) is 0 Å². The first kappa shape index (κ1) is 14.4. The van der Waals surface area contributed by atoms with Crippen molar-refractivity contribution in [3.63, 3.8) is 0 Å². The lowest BCUT2D eigenvalue weighted by Crippen LogP contribution is -2.27. The molecule has 0 aromatic carbocycles. The molecule has 5 heteroatoms. The van der Waals surface area contributed by atoms with E-state index >= 15 is 0 Å². The van der Waals surface area contributed by atoms with Crippen molar-refractivity contribution in [2.75, 3.05) is 20.3 Å². The van der Waals surface area contributed by atoms with Gasteiger partial charge in [0.1, 0.15) is 5.69 Å². The Bertz CT molecular complexity index is 595. The van der Waals surface area contributed by atoms with Crippen LogP contribution in [-0.2, 0) is 11.3 Å². The highest BCUT2D eigenvalue weighted by Crippen LogP contribution is 2.21. The lowest BCUT2D eigenvalue weighted by Gasteiger charge is -2.08. The number of methoxy groups -OCH3 is 1. The van der Waals surface area contributed by atoms with Gasteiger partial charge in [0.15, 0.2) is 5.58 Å². The number of aromatic nitrogens is 1. The molecule has 0 bridgehead atoms. The summed E-state index contributed by atoms with van der Waals surface area (Å²) in [6.45, 7) is 3.85. The molecule has 20 heavy (non-hydrogen) atoms. The van der Waals surface area contributed by atoms with Crippen LogP contribution in [0.4, 0.5) is 0 Å². The molecule has 0 spiro atoms. The lowest BCUT2D eigenvalue weighted by molar-refractivity contribution is 0.0940. The monoisotopic (exact) mass is 276 g/mol. The van der Waals surface area contributed by atoms with Crippen molar-refractivity contribution in [3.8, 4) is 0 Å². The molecule has 2 heterocycles. The summed E-state index contributed by atoms with van der Waals surface area (Å²) in [6, 6.07) is 3.66. The van der Waals surface area contributed by atoms with Crippen molar-refractivity contribution in [2.24, 2.45) is 0 Å². The van der Waals surface area contributed by atoms with E-state index in [2.05, 4.69) is 5.32 Å². The van der Waals surface area contributed by atoms with Gasteiger partial charge in [0.05, 0.1) is 11.8 Å². The molecule has 0 atom stereocenters. The van der Waals surface area contributed by atoms with E-state index in [4.69, 9.17) is 9.15 Å². The molecule has 1 amide bonds. The molecule has 0 aliphatic carbocycles. The number of fused-ring (bicyclic) bond motifs is 1. The highest BCUT2D eigenvalue weighted by Gasteiger charge is 2.16. The van der Waals surface area contributed by atoms with Crippen LogP contribution in [-0.4, -0.2) is 30.7 Å². The SMILES string of the molecule is C/C=C\Cn1c(C(=O)NCCCOC)cc2occc21. The minimum atomic E-state index is -0.0861. The first-order chi connectivity index (χ1) is 9.77. The predicted octanol–water partition coefficient (Wildman–Crippen LogP) is 2.58. The molecular formula is C15H20N2O3. The second-order valence-electron chi connectivity index (χ2n) is 4.48. The summed E-state index contributed by atoms with van der Waals surface area (Å²) in [7, 11) is 1.65. The molecule has 108 valence electrons. The quantitative estimate of drug-likeness (QED) is 0.624. The minimum Gasteiger partial charge on any atom is -0.463 e. The normalized spacial score (nSPS) is 11.5. The molecule has 0 unspecified atom stereocenters. The van der Waals surface area contributed by atoms with Gasteiger partial charge in [0.25, 0.3) is 5.91 Å². The van der Waals surface area contributed by atoms with Crippen molar-refractivity contribution >= 4 is 17.0 Å². The number of nitrogens with zero attached hydrogens (tertiary/aromatic N) is 1. The fourth-order valence-electron chi connectivity index (χ4n) is 2.08. The number of amides is 1. The van der Waals surface area contributed by atoms with E-state index in [1.54, 1.807) is 19.4 Å². The Morgan fingerprint density at radius 2 is 2.40 bits per heavy atom. The number of hydrogen-bond donors (Lipinski definition) is 1. The second kappa shape index (κ2) is 6.96. The van der Waals surface area contributed by atoms with Crippen LogP contribution >= 0.6 is 0 Å². The molecule has 0 fully saturated rings. The van der Waals surface area contributed by atoms with Crippen molar-refractivity contribution in [3.05, 3.63) is 36.2 Å². The number of furan rings is 1. The van der Waals surface area contributed by atoms with Crippen molar-refractivity contribution < 1.29 is 13.9 Å². The molecule has 2 aromatic heterocycles. The van der Waals surface area contributed by atoms with E-state index < -0.39 is 0 Å². The third kappa shape index (κ3) is 3.11. The van der Waals surface area contributed by atoms with Crippen LogP contribution in [0.15, 0.2) is 35.0 Å². The maximum Gasteiger partial charge on any atom is 0.268 e. The van der Waals surface area contributed by atoms with E-state index in [9.17, 15) is 4.79 Å². The fraction of sp³-hybridized carbons (Fsp3) is 0.400. The fourth-order valence-corrected chi connectivity index (χ4v) is 2.08. The van der Waals surface area contributed by atoms with Crippen molar-refractivity contribution in [1.29, 1.82) is 0 Å². The van der Waals surface area contributed by atoms with Gasteiger partial charge in [-0.3, -0.25) is 4.79 Å². The molecule has 1 N–H and O–H groups in total. The number of carbonyl (C=O) groups excluding carboxylic acids is 1. The highest BCUT2D eigenvalue weighted by molar-refractivity contribution is 5.97. The zero-order valence-electron chi connectivity index (χ0n) is 11.9. The first-order valence-corrected chi connectivity index (χ1v) is 6.73. The van der Waals surface area contributed by atoms with Gasteiger partial charge in [-0.25, -0.2) is 0 Å². The van der Waals surface area contributed by atoms with E-state index in [0.717, 1.165) is 17.5 Å². The standard InChI is InChI=1S/C15H20N2O3/c1-3-4-8-17-12-6-10-20-14(12)11-13(17)15(18)16-7-5-9-19-2/h3-4,6,10-11H,5,7-9H2,1-2H3,(H,16,18)/b4-3-. The average Bonchev–Trinajstić information content (AvgIpc) is 3.02. The van der Waals surface area contributed by atoms with Crippen LogP contribution in [0.1, 0.15) is 23.8 Å². The van der Waals surface area contributed by atoms with Crippen LogP contribution in [0.2, 0.25) is 0 Å². The Morgan fingerprint density at radius 3 is 3.15 bits per heavy atom. The molecule has 0 radical (unpaired) electrons. The molecule has 5 nitrogen and oxygen atoms in total. The van der Waals surface area contributed by atoms with E-state index in [-0.39, 0.29) is 5.91 Å². The van der Waals surface area contributed by atoms with E-state index in [1.807, 2.05) is 29.7 Å². The van der Waals surface area contributed by atoms with Gasteiger partial charge in [0, 0.05) is 38.9 Å². The summed E-state index contributed by atoms with van der Waals surface area (Å²) in [5.74, 6) is -0.0861. The molecule has 2 rings (SSSR count).